The van der Waals surface area contributed by atoms with Crippen LogP contribution < -0.4 is 0 Å². The van der Waals surface area contributed by atoms with E-state index >= 15 is 0 Å². The van der Waals surface area contributed by atoms with Crippen LogP contribution in [0.2, 0.25) is 0 Å². The first-order valence-electron chi connectivity index (χ1n) is 6.24. The molecule has 1 aromatic heterocycles. The van der Waals surface area contributed by atoms with Crippen LogP contribution in [0.4, 0.5) is 0 Å². The monoisotopic (exact) mass is 239 g/mol. The predicted molar refractivity (Wildman–Crippen MR) is 72.8 cm³/mol. The van der Waals surface area contributed by atoms with Crippen LogP contribution in [0.3, 0.4) is 0 Å². The molecule has 0 bridgehead atoms. The molecular weight excluding hydrogens is 222 g/mol. The van der Waals surface area contributed by atoms with Gasteiger partial charge in [0, 0.05) is 12.6 Å². The second-order valence-corrected chi connectivity index (χ2v) is 4.39. The van der Waals surface area contributed by atoms with Gasteiger partial charge in [0.2, 0.25) is 0 Å². The number of carbonyl (C=O) groups is 1. The van der Waals surface area contributed by atoms with Crippen molar-refractivity contribution in [2.75, 3.05) is 0 Å². The number of benzene rings is 1. The molecule has 0 amide bonds. The maximum Gasteiger partial charge on any atom is 0.185 e. The van der Waals surface area contributed by atoms with Crippen molar-refractivity contribution in [3.63, 3.8) is 0 Å². The minimum Gasteiger partial charge on any atom is -0.292 e. The van der Waals surface area contributed by atoms with Gasteiger partial charge in [-0.3, -0.25) is 9.78 Å². The highest BCUT2D eigenvalue weighted by Crippen LogP contribution is 2.13. The average molecular weight is 239 g/mol. The van der Waals surface area contributed by atoms with E-state index in [0.717, 1.165) is 23.1 Å². The third kappa shape index (κ3) is 2.65. The predicted octanol–water partition coefficient (Wildman–Crippen LogP) is 3.38. The van der Waals surface area contributed by atoms with E-state index < -0.39 is 0 Å². The van der Waals surface area contributed by atoms with E-state index in [2.05, 4.69) is 4.98 Å². The molecule has 2 nitrogen and oxygen atoms in total. The Morgan fingerprint density at radius 3 is 2.56 bits per heavy atom. The molecule has 0 aliphatic rings. The van der Waals surface area contributed by atoms with Gasteiger partial charge in [-0.25, -0.2) is 0 Å². The normalized spacial score (nSPS) is 10.3. The maximum atomic E-state index is 12.3. The number of rotatable bonds is 4. The standard InChI is InChI=1S/C16H17NO/c1-3-13-9-6-10-17-16(13)15(18)11-14-8-5-4-7-12(14)2/h4-10H,3,11H2,1-2H3. The first-order valence-corrected chi connectivity index (χ1v) is 6.24. The summed E-state index contributed by atoms with van der Waals surface area (Å²) in [4.78, 5) is 16.5. The van der Waals surface area contributed by atoms with Crippen molar-refractivity contribution in [3.8, 4) is 0 Å². The zero-order valence-electron chi connectivity index (χ0n) is 10.8. The second kappa shape index (κ2) is 5.58. The number of nitrogens with zero attached hydrogens (tertiary/aromatic N) is 1. The number of pyridine rings is 1. The third-order valence-corrected chi connectivity index (χ3v) is 3.15. The molecule has 1 aromatic carbocycles. The summed E-state index contributed by atoms with van der Waals surface area (Å²) in [6.45, 7) is 4.07. The number of aromatic nitrogens is 1. The number of hydrogen-bond donors (Lipinski definition) is 0. The molecule has 0 N–H and O–H groups in total. The van der Waals surface area contributed by atoms with E-state index in [9.17, 15) is 4.79 Å². The zero-order valence-corrected chi connectivity index (χ0v) is 10.8. The topological polar surface area (TPSA) is 30.0 Å². The van der Waals surface area contributed by atoms with Crippen LogP contribution >= 0.6 is 0 Å². The zero-order chi connectivity index (χ0) is 13.0. The van der Waals surface area contributed by atoms with Crippen molar-refractivity contribution in [3.05, 3.63) is 65.0 Å². The van der Waals surface area contributed by atoms with E-state index in [-0.39, 0.29) is 5.78 Å². The fourth-order valence-corrected chi connectivity index (χ4v) is 2.04. The van der Waals surface area contributed by atoms with Crippen LogP contribution in [0.5, 0.6) is 0 Å². The SMILES string of the molecule is CCc1cccnc1C(=O)Cc1ccccc1C. The van der Waals surface area contributed by atoms with E-state index in [1.807, 2.05) is 50.2 Å². The second-order valence-electron chi connectivity index (χ2n) is 4.39. The Kier molecular flexibility index (Phi) is 3.88. The molecule has 1 heterocycles. The Labute approximate surface area is 108 Å². The lowest BCUT2D eigenvalue weighted by Crippen LogP contribution is -2.10. The molecule has 0 spiro atoms. The third-order valence-electron chi connectivity index (χ3n) is 3.15. The molecule has 0 saturated heterocycles. The molecule has 18 heavy (non-hydrogen) atoms. The molecule has 0 radical (unpaired) electrons. The molecule has 0 atom stereocenters. The van der Waals surface area contributed by atoms with Gasteiger partial charge in [-0.15, -0.1) is 0 Å². The summed E-state index contributed by atoms with van der Waals surface area (Å²) in [7, 11) is 0. The van der Waals surface area contributed by atoms with E-state index in [1.54, 1.807) is 6.20 Å². The van der Waals surface area contributed by atoms with Crippen LogP contribution in [0.15, 0.2) is 42.6 Å². The summed E-state index contributed by atoms with van der Waals surface area (Å²) >= 11 is 0. The minimum absolute atomic E-state index is 0.0988. The first kappa shape index (κ1) is 12.5. The Morgan fingerprint density at radius 2 is 1.83 bits per heavy atom. The van der Waals surface area contributed by atoms with Gasteiger partial charge in [-0.05, 0) is 36.1 Å². The molecule has 0 fully saturated rings. The van der Waals surface area contributed by atoms with Crippen LogP contribution in [-0.2, 0) is 12.8 Å². The van der Waals surface area contributed by atoms with Crippen molar-refractivity contribution < 1.29 is 4.79 Å². The summed E-state index contributed by atoms with van der Waals surface area (Å²) in [6.07, 6.45) is 2.95. The largest absolute Gasteiger partial charge is 0.292 e. The summed E-state index contributed by atoms with van der Waals surface area (Å²) in [5.74, 6) is 0.0988. The fraction of sp³-hybridized carbons (Fsp3) is 0.250. The molecule has 2 heteroatoms. The Bertz CT molecular complexity index is 561. The van der Waals surface area contributed by atoms with Gasteiger partial charge in [0.15, 0.2) is 5.78 Å². The van der Waals surface area contributed by atoms with Gasteiger partial charge in [0.05, 0.1) is 0 Å². The van der Waals surface area contributed by atoms with Crippen molar-refractivity contribution in [1.82, 2.24) is 4.98 Å². The van der Waals surface area contributed by atoms with Crippen molar-refractivity contribution in [1.29, 1.82) is 0 Å². The fourth-order valence-electron chi connectivity index (χ4n) is 2.04. The smallest absolute Gasteiger partial charge is 0.185 e. The van der Waals surface area contributed by atoms with Gasteiger partial charge < -0.3 is 0 Å². The van der Waals surface area contributed by atoms with Crippen LogP contribution in [-0.4, -0.2) is 10.8 Å². The highest BCUT2D eigenvalue weighted by Gasteiger charge is 2.13. The van der Waals surface area contributed by atoms with Crippen molar-refractivity contribution in [2.24, 2.45) is 0 Å². The number of Topliss-reactive ketones (excluding diaryl/α,β-unsaturated/α-hetero) is 1. The highest BCUT2D eigenvalue weighted by molar-refractivity contribution is 5.97. The highest BCUT2D eigenvalue weighted by atomic mass is 16.1. The molecular formula is C16H17NO. The molecule has 92 valence electrons. The molecule has 0 aliphatic carbocycles. The Hall–Kier alpha value is -1.96. The van der Waals surface area contributed by atoms with Gasteiger partial charge in [-0.1, -0.05) is 37.3 Å². The molecule has 2 aromatic rings. The lowest BCUT2D eigenvalue weighted by Gasteiger charge is -2.07. The Balaban J connectivity index is 2.25. The molecule has 2 rings (SSSR count). The lowest BCUT2D eigenvalue weighted by molar-refractivity contribution is 0.0987. The number of aryl methyl sites for hydroxylation is 2. The van der Waals surface area contributed by atoms with Gasteiger partial charge in [-0.2, -0.15) is 0 Å². The number of ketones is 1. The van der Waals surface area contributed by atoms with Crippen LogP contribution in [0.1, 0.15) is 34.1 Å². The summed E-state index contributed by atoms with van der Waals surface area (Å²) in [6, 6.07) is 11.8. The maximum absolute atomic E-state index is 12.3. The van der Waals surface area contributed by atoms with Gasteiger partial charge in [0.1, 0.15) is 5.69 Å². The molecule has 0 aliphatic heterocycles. The van der Waals surface area contributed by atoms with Gasteiger partial charge >= 0.3 is 0 Å². The van der Waals surface area contributed by atoms with Crippen LogP contribution in [0, 0.1) is 6.92 Å². The van der Waals surface area contributed by atoms with E-state index in [4.69, 9.17) is 0 Å². The molecule has 0 saturated carbocycles. The van der Waals surface area contributed by atoms with Gasteiger partial charge in [0.25, 0.3) is 0 Å². The van der Waals surface area contributed by atoms with Crippen molar-refractivity contribution in [2.45, 2.75) is 26.7 Å². The summed E-state index contributed by atoms with van der Waals surface area (Å²) in [5.41, 5.74) is 3.87. The molecule has 0 unspecified atom stereocenters. The van der Waals surface area contributed by atoms with Crippen LogP contribution in [0.25, 0.3) is 0 Å². The number of hydrogen-bond acceptors (Lipinski definition) is 2. The lowest BCUT2D eigenvalue weighted by atomic mass is 9.99. The first-order chi connectivity index (χ1) is 8.72. The summed E-state index contributed by atoms with van der Waals surface area (Å²) < 4.78 is 0. The number of carbonyl (C=O) groups excluding carboxylic acids is 1. The minimum atomic E-state index is 0.0988. The quantitative estimate of drug-likeness (QED) is 0.766. The van der Waals surface area contributed by atoms with E-state index in [1.165, 1.54) is 0 Å². The average Bonchev–Trinajstić information content (AvgIpc) is 2.41. The Morgan fingerprint density at radius 1 is 1.11 bits per heavy atom. The summed E-state index contributed by atoms with van der Waals surface area (Å²) in [5, 5.41) is 0. The van der Waals surface area contributed by atoms with E-state index in [0.29, 0.717) is 12.1 Å². The van der Waals surface area contributed by atoms with Crippen molar-refractivity contribution >= 4 is 5.78 Å².